The van der Waals surface area contributed by atoms with Crippen molar-refractivity contribution in [3.8, 4) is 0 Å². The zero-order valence-corrected chi connectivity index (χ0v) is 21.1. The predicted octanol–water partition coefficient (Wildman–Crippen LogP) is 3.70. The highest BCUT2D eigenvalue weighted by Gasteiger charge is 2.28. The van der Waals surface area contributed by atoms with E-state index in [1.807, 2.05) is 24.3 Å². The van der Waals surface area contributed by atoms with E-state index in [0.29, 0.717) is 11.4 Å². The fourth-order valence-electron chi connectivity index (χ4n) is 4.98. The quantitative estimate of drug-likeness (QED) is 0.430. The maximum atomic E-state index is 13.8. The summed E-state index contributed by atoms with van der Waals surface area (Å²) >= 11 is 0. The number of hydrogen-bond acceptors (Lipinski definition) is 5. The van der Waals surface area contributed by atoms with Crippen LogP contribution in [0.1, 0.15) is 44.2 Å². The van der Waals surface area contributed by atoms with Gasteiger partial charge in [0.05, 0.1) is 6.54 Å². The molecule has 1 aromatic heterocycles. The van der Waals surface area contributed by atoms with Crippen molar-refractivity contribution in [2.75, 3.05) is 12.3 Å². The number of halogens is 2. The standard InChI is InChI=1S/C28H33F2N5O2/c1-17-4-3-5-18(2)35(17)16-26(36)34-25(14-19-7-9-23(29)24(30)13-19)28(37)33-15-20-6-8-22-21(12-20)10-11-32-27(22)31/h6-13,17-18,25H,3-5,14-16H2,1-2H3,(H2,31,32)(H,33,37)(H,34,36)/t17-,18+,25-/m0/s1. The van der Waals surface area contributed by atoms with Crippen LogP contribution in [0.5, 0.6) is 0 Å². The van der Waals surface area contributed by atoms with Crippen LogP contribution in [0.2, 0.25) is 0 Å². The van der Waals surface area contributed by atoms with Crippen LogP contribution < -0.4 is 16.4 Å². The zero-order chi connectivity index (χ0) is 26.5. The molecule has 196 valence electrons. The molecule has 0 unspecified atom stereocenters. The molecule has 0 saturated carbocycles. The number of pyridine rings is 1. The molecule has 1 aliphatic rings. The van der Waals surface area contributed by atoms with Crippen LogP contribution >= 0.6 is 0 Å². The van der Waals surface area contributed by atoms with E-state index < -0.39 is 23.6 Å². The van der Waals surface area contributed by atoms with Crippen LogP contribution in [0.25, 0.3) is 10.8 Å². The lowest BCUT2D eigenvalue weighted by Crippen LogP contribution is -2.53. The molecule has 0 aliphatic carbocycles. The first-order valence-corrected chi connectivity index (χ1v) is 12.6. The topological polar surface area (TPSA) is 100 Å². The first-order chi connectivity index (χ1) is 17.7. The molecule has 2 amide bonds. The van der Waals surface area contributed by atoms with Crippen molar-refractivity contribution in [1.29, 1.82) is 0 Å². The number of fused-ring (bicyclic) bond motifs is 1. The summed E-state index contributed by atoms with van der Waals surface area (Å²) in [6.45, 7) is 4.59. The van der Waals surface area contributed by atoms with Gasteiger partial charge in [0.1, 0.15) is 11.9 Å². The van der Waals surface area contributed by atoms with Gasteiger partial charge in [-0.2, -0.15) is 0 Å². The number of nitrogens with one attached hydrogen (secondary N) is 2. The molecule has 2 heterocycles. The van der Waals surface area contributed by atoms with Crippen LogP contribution in [0.3, 0.4) is 0 Å². The fourth-order valence-corrected chi connectivity index (χ4v) is 4.98. The minimum Gasteiger partial charge on any atom is -0.383 e. The highest BCUT2D eigenvalue weighted by molar-refractivity contribution is 5.91. The first-order valence-electron chi connectivity index (χ1n) is 12.6. The Bertz CT molecular complexity index is 1270. The Labute approximate surface area is 215 Å². The van der Waals surface area contributed by atoms with E-state index in [1.54, 1.807) is 6.20 Å². The van der Waals surface area contributed by atoms with Gasteiger partial charge < -0.3 is 16.4 Å². The number of anilines is 1. The van der Waals surface area contributed by atoms with E-state index in [4.69, 9.17) is 5.73 Å². The number of likely N-dealkylation sites (tertiary alicyclic amines) is 1. The molecule has 3 aromatic rings. The van der Waals surface area contributed by atoms with Gasteiger partial charge in [0.2, 0.25) is 11.8 Å². The molecule has 4 rings (SSSR count). The minimum atomic E-state index is -0.996. The molecule has 1 saturated heterocycles. The van der Waals surface area contributed by atoms with Gasteiger partial charge in [0.15, 0.2) is 11.6 Å². The fraction of sp³-hybridized carbons (Fsp3) is 0.393. The lowest BCUT2D eigenvalue weighted by molar-refractivity contribution is -0.130. The van der Waals surface area contributed by atoms with Crippen LogP contribution in [0, 0.1) is 11.6 Å². The molecule has 1 aliphatic heterocycles. The van der Waals surface area contributed by atoms with Crippen LogP contribution in [-0.4, -0.2) is 46.4 Å². The number of rotatable bonds is 8. The number of nitrogens with zero attached hydrogens (tertiary/aromatic N) is 2. The molecular weight excluding hydrogens is 476 g/mol. The third-order valence-electron chi connectivity index (χ3n) is 7.10. The normalized spacial score (nSPS) is 18.9. The molecule has 37 heavy (non-hydrogen) atoms. The zero-order valence-electron chi connectivity index (χ0n) is 21.1. The van der Waals surface area contributed by atoms with E-state index in [2.05, 4.69) is 34.4 Å². The number of hydrogen-bond donors (Lipinski definition) is 3. The first kappa shape index (κ1) is 26.5. The molecule has 0 bridgehead atoms. The van der Waals surface area contributed by atoms with Crippen molar-refractivity contribution in [2.24, 2.45) is 0 Å². The molecule has 7 nitrogen and oxygen atoms in total. The summed E-state index contributed by atoms with van der Waals surface area (Å²) in [7, 11) is 0. The number of nitrogen functional groups attached to an aromatic ring is 1. The third kappa shape index (κ3) is 6.60. The summed E-state index contributed by atoms with van der Waals surface area (Å²) in [5.41, 5.74) is 7.17. The highest BCUT2D eigenvalue weighted by Crippen LogP contribution is 2.22. The maximum absolute atomic E-state index is 13.8. The Balaban J connectivity index is 1.47. The van der Waals surface area contributed by atoms with Gasteiger partial charge >= 0.3 is 0 Å². The summed E-state index contributed by atoms with van der Waals surface area (Å²) in [6.07, 6.45) is 4.81. The van der Waals surface area contributed by atoms with Gasteiger partial charge in [-0.05, 0) is 67.5 Å². The molecular formula is C28H33F2N5O2. The second-order valence-corrected chi connectivity index (χ2v) is 9.84. The van der Waals surface area contributed by atoms with Gasteiger partial charge in [0.25, 0.3) is 0 Å². The lowest BCUT2D eigenvalue weighted by Gasteiger charge is -2.38. The van der Waals surface area contributed by atoms with Crippen LogP contribution in [0.4, 0.5) is 14.6 Å². The van der Waals surface area contributed by atoms with Crippen molar-refractivity contribution in [1.82, 2.24) is 20.5 Å². The second kappa shape index (κ2) is 11.6. The molecule has 9 heteroatoms. The number of benzene rings is 2. The molecule has 0 spiro atoms. The number of carbonyl (C=O) groups is 2. The largest absolute Gasteiger partial charge is 0.383 e. The maximum Gasteiger partial charge on any atom is 0.243 e. The van der Waals surface area contributed by atoms with Crippen molar-refractivity contribution < 1.29 is 18.4 Å². The van der Waals surface area contributed by atoms with Gasteiger partial charge in [0, 0.05) is 36.6 Å². The van der Waals surface area contributed by atoms with Crippen molar-refractivity contribution in [2.45, 2.75) is 64.2 Å². The number of carbonyl (C=O) groups excluding carboxylic acids is 2. The number of amides is 2. The van der Waals surface area contributed by atoms with E-state index in [0.717, 1.165) is 47.7 Å². The second-order valence-electron chi connectivity index (χ2n) is 9.84. The number of aromatic nitrogens is 1. The van der Waals surface area contributed by atoms with Crippen molar-refractivity contribution in [3.63, 3.8) is 0 Å². The van der Waals surface area contributed by atoms with Crippen molar-refractivity contribution >= 4 is 28.4 Å². The Morgan fingerprint density at radius 3 is 2.51 bits per heavy atom. The Kier molecular flexibility index (Phi) is 8.33. The van der Waals surface area contributed by atoms with E-state index in [-0.39, 0.29) is 37.5 Å². The SMILES string of the molecule is C[C@@H]1CCC[C@H](C)N1CC(=O)N[C@@H](Cc1ccc(F)c(F)c1)C(=O)NCc1ccc2c(N)nccc2c1. The van der Waals surface area contributed by atoms with E-state index in [1.165, 1.54) is 6.07 Å². The van der Waals surface area contributed by atoms with Crippen LogP contribution in [0.15, 0.2) is 48.7 Å². The van der Waals surface area contributed by atoms with E-state index in [9.17, 15) is 18.4 Å². The molecule has 0 radical (unpaired) electrons. The smallest absolute Gasteiger partial charge is 0.243 e. The average Bonchev–Trinajstić information content (AvgIpc) is 2.87. The summed E-state index contributed by atoms with van der Waals surface area (Å²) in [5, 5.41) is 7.42. The molecule has 2 aromatic carbocycles. The number of nitrogens with two attached hydrogens (primary N) is 1. The van der Waals surface area contributed by atoms with Crippen LogP contribution in [-0.2, 0) is 22.6 Å². The lowest BCUT2D eigenvalue weighted by atomic mass is 9.97. The molecule has 3 atom stereocenters. The Morgan fingerprint density at radius 1 is 1.05 bits per heavy atom. The highest BCUT2D eigenvalue weighted by atomic mass is 19.2. The van der Waals surface area contributed by atoms with E-state index >= 15 is 0 Å². The Hall–Kier alpha value is -3.59. The summed E-state index contributed by atoms with van der Waals surface area (Å²) in [6, 6.07) is 10.5. The summed E-state index contributed by atoms with van der Waals surface area (Å²) in [5.74, 6) is -2.22. The monoisotopic (exact) mass is 509 g/mol. The molecule has 4 N–H and O–H groups in total. The van der Waals surface area contributed by atoms with Crippen molar-refractivity contribution in [3.05, 3.63) is 71.4 Å². The summed E-state index contributed by atoms with van der Waals surface area (Å²) < 4.78 is 27.3. The third-order valence-corrected chi connectivity index (χ3v) is 7.10. The van der Waals surface area contributed by atoms with Gasteiger partial charge in [-0.3, -0.25) is 14.5 Å². The average molecular weight is 510 g/mol. The predicted molar refractivity (Wildman–Crippen MR) is 139 cm³/mol. The Morgan fingerprint density at radius 2 is 1.78 bits per heavy atom. The summed E-state index contributed by atoms with van der Waals surface area (Å²) in [4.78, 5) is 32.4. The van der Waals surface area contributed by atoms with Gasteiger partial charge in [-0.15, -0.1) is 0 Å². The number of piperidine rings is 1. The molecule has 1 fully saturated rings. The van der Waals surface area contributed by atoms with Gasteiger partial charge in [-0.25, -0.2) is 13.8 Å². The van der Waals surface area contributed by atoms with Gasteiger partial charge in [-0.1, -0.05) is 24.6 Å². The minimum absolute atomic E-state index is 0.0276.